The van der Waals surface area contributed by atoms with Crippen LogP contribution in [0.15, 0.2) is 88.2 Å². The van der Waals surface area contributed by atoms with Crippen LogP contribution in [0.3, 0.4) is 0 Å². The summed E-state index contributed by atoms with van der Waals surface area (Å²) >= 11 is 0. The van der Waals surface area contributed by atoms with E-state index in [9.17, 15) is 23.8 Å². The average Bonchev–Trinajstić information content (AvgIpc) is 3.17. The molecule has 33 heavy (non-hydrogen) atoms. The quantitative estimate of drug-likeness (QED) is 0.310. The van der Waals surface area contributed by atoms with Gasteiger partial charge in [-0.25, -0.2) is 13.6 Å². The molecule has 0 saturated carbocycles. The van der Waals surface area contributed by atoms with E-state index in [-0.39, 0.29) is 17.1 Å². The van der Waals surface area contributed by atoms with E-state index in [2.05, 4.69) is 11.4 Å². The number of furan rings is 1. The number of hydrogen-bond donors (Lipinski definition) is 2. The lowest BCUT2D eigenvalue weighted by Gasteiger charge is -2.06. The van der Waals surface area contributed by atoms with E-state index in [1.165, 1.54) is 6.07 Å². The van der Waals surface area contributed by atoms with E-state index in [4.69, 9.17) is 9.56 Å². The summed E-state index contributed by atoms with van der Waals surface area (Å²) in [6.45, 7) is 0. The van der Waals surface area contributed by atoms with Gasteiger partial charge in [-0.05, 0) is 17.7 Å². The number of anilines is 2. The molecule has 10 heteroatoms. The predicted octanol–water partition coefficient (Wildman–Crippen LogP) is 4.78. The van der Waals surface area contributed by atoms with Crippen molar-refractivity contribution in [2.75, 3.05) is 5.32 Å². The molecule has 0 amide bonds. The fourth-order valence-corrected chi connectivity index (χ4v) is 3.90. The number of nitrogens with zero attached hydrogens (tertiary/aromatic N) is 2. The second-order valence-corrected chi connectivity index (χ2v) is 8.52. The van der Waals surface area contributed by atoms with Crippen LogP contribution in [-0.4, -0.2) is 13.3 Å². The Labute approximate surface area is 188 Å². The van der Waals surface area contributed by atoms with Crippen LogP contribution >= 0.6 is 0 Å². The molecular weight excluding hydrogens is 444 g/mol. The van der Waals surface area contributed by atoms with Crippen molar-refractivity contribution in [3.8, 4) is 28.5 Å². The van der Waals surface area contributed by atoms with Gasteiger partial charge in [-0.3, -0.25) is 10.1 Å². The van der Waals surface area contributed by atoms with Crippen molar-refractivity contribution in [3.63, 3.8) is 0 Å². The SMILES string of the molecule is N#Cc1c(Nc2ccc(S(N)(=O)=O)cc2[N+](=O)[O-])oc(-c2ccccc2)c1-c1ccccc1. The lowest BCUT2D eigenvalue weighted by molar-refractivity contribution is -0.384. The Hall–Kier alpha value is -4.46. The summed E-state index contributed by atoms with van der Waals surface area (Å²) in [5.74, 6) is 0.395. The fraction of sp³-hybridized carbons (Fsp3) is 0. The molecule has 0 spiro atoms. The minimum Gasteiger partial charge on any atom is -0.438 e. The second-order valence-electron chi connectivity index (χ2n) is 6.96. The number of nitro groups is 1. The lowest BCUT2D eigenvalue weighted by atomic mass is 9.98. The van der Waals surface area contributed by atoms with Crippen LogP contribution in [0.2, 0.25) is 0 Å². The highest BCUT2D eigenvalue weighted by Crippen LogP contribution is 2.43. The fourth-order valence-electron chi connectivity index (χ4n) is 3.37. The Bertz CT molecular complexity index is 1490. The maximum Gasteiger partial charge on any atom is 0.294 e. The molecule has 3 N–H and O–H groups in total. The van der Waals surface area contributed by atoms with Crippen molar-refractivity contribution < 1.29 is 17.8 Å². The Kier molecular flexibility index (Phi) is 5.66. The summed E-state index contributed by atoms with van der Waals surface area (Å²) in [6.07, 6.45) is 0. The zero-order valence-electron chi connectivity index (χ0n) is 16.9. The van der Waals surface area contributed by atoms with Gasteiger partial charge >= 0.3 is 0 Å². The standard InChI is InChI=1S/C23H16N4O5S/c24-14-18-21(15-7-3-1-4-8-15)22(16-9-5-2-6-10-16)32-23(18)26-19-12-11-17(33(25,30)31)13-20(19)27(28)29/h1-13,26H,(H2,25,30,31). The predicted molar refractivity (Wildman–Crippen MR) is 122 cm³/mol. The summed E-state index contributed by atoms with van der Waals surface area (Å²) in [5, 5.41) is 29.4. The smallest absolute Gasteiger partial charge is 0.294 e. The number of nitriles is 1. The molecule has 4 aromatic rings. The second kappa shape index (κ2) is 8.58. The molecule has 0 bridgehead atoms. The van der Waals surface area contributed by atoms with Crippen molar-refractivity contribution in [2.24, 2.45) is 5.14 Å². The first-order valence-corrected chi connectivity index (χ1v) is 11.1. The summed E-state index contributed by atoms with van der Waals surface area (Å²) < 4.78 is 29.2. The van der Waals surface area contributed by atoms with Crippen LogP contribution in [0.4, 0.5) is 17.3 Å². The van der Waals surface area contributed by atoms with E-state index >= 15 is 0 Å². The summed E-state index contributed by atoms with van der Waals surface area (Å²) in [4.78, 5) is 10.4. The molecule has 4 rings (SSSR count). The van der Waals surface area contributed by atoms with Gasteiger partial charge in [0.05, 0.1) is 9.82 Å². The number of nitro benzene ring substituents is 1. The largest absolute Gasteiger partial charge is 0.438 e. The Morgan fingerprint density at radius 1 is 0.970 bits per heavy atom. The third kappa shape index (κ3) is 4.31. The first kappa shape index (κ1) is 21.8. The molecular formula is C23H16N4O5S. The summed E-state index contributed by atoms with van der Waals surface area (Å²) in [7, 11) is -4.14. The van der Waals surface area contributed by atoms with Crippen LogP contribution in [-0.2, 0) is 10.0 Å². The normalized spacial score (nSPS) is 11.0. The maximum atomic E-state index is 11.6. The van der Waals surface area contributed by atoms with Gasteiger partial charge in [0, 0.05) is 17.2 Å². The number of sulfonamides is 1. The Morgan fingerprint density at radius 2 is 1.58 bits per heavy atom. The van der Waals surface area contributed by atoms with E-state index in [1.807, 2.05) is 60.7 Å². The first-order chi connectivity index (χ1) is 15.8. The van der Waals surface area contributed by atoms with E-state index < -0.39 is 25.5 Å². The van der Waals surface area contributed by atoms with Crippen LogP contribution in [0, 0.1) is 21.4 Å². The molecule has 0 atom stereocenters. The molecule has 3 aromatic carbocycles. The van der Waals surface area contributed by atoms with Gasteiger partial charge in [0.25, 0.3) is 5.69 Å². The van der Waals surface area contributed by atoms with Crippen LogP contribution in [0.25, 0.3) is 22.5 Å². The minimum absolute atomic E-state index is 0.0124. The first-order valence-electron chi connectivity index (χ1n) is 9.55. The zero-order chi connectivity index (χ0) is 23.6. The minimum atomic E-state index is -4.14. The lowest BCUT2D eigenvalue weighted by Crippen LogP contribution is -2.12. The number of nitrogens with two attached hydrogens (primary N) is 1. The molecule has 0 aliphatic heterocycles. The number of primary sulfonamides is 1. The number of rotatable bonds is 6. The third-order valence-corrected chi connectivity index (χ3v) is 5.77. The van der Waals surface area contributed by atoms with Gasteiger partial charge in [0.2, 0.25) is 15.9 Å². The van der Waals surface area contributed by atoms with Gasteiger partial charge in [-0.2, -0.15) is 5.26 Å². The molecule has 1 aromatic heterocycles. The van der Waals surface area contributed by atoms with E-state index in [0.717, 1.165) is 17.7 Å². The molecule has 0 saturated heterocycles. The van der Waals surface area contributed by atoms with Crippen molar-refractivity contribution in [2.45, 2.75) is 4.90 Å². The molecule has 0 aliphatic rings. The van der Waals surface area contributed by atoms with Gasteiger partial charge in [-0.15, -0.1) is 0 Å². The van der Waals surface area contributed by atoms with Gasteiger partial charge in [0.1, 0.15) is 23.1 Å². The highest BCUT2D eigenvalue weighted by Gasteiger charge is 2.26. The number of benzene rings is 3. The number of hydrogen-bond acceptors (Lipinski definition) is 7. The van der Waals surface area contributed by atoms with Crippen LogP contribution in [0.1, 0.15) is 5.56 Å². The van der Waals surface area contributed by atoms with Gasteiger partial charge < -0.3 is 9.73 Å². The van der Waals surface area contributed by atoms with Gasteiger partial charge in [0.15, 0.2) is 0 Å². The van der Waals surface area contributed by atoms with E-state index in [0.29, 0.717) is 16.9 Å². The van der Waals surface area contributed by atoms with E-state index in [1.54, 1.807) is 0 Å². The summed E-state index contributed by atoms with van der Waals surface area (Å²) in [5.41, 5.74) is 1.51. The highest BCUT2D eigenvalue weighted by molar-refractivity contribution is 7.89. The molecule has 0 fully saturated rings. The third-order valence-electron chi connectivity index (χ3n) is 4.86. The topological polar surface area (TPSA) is 152 Å². The molecule has 1 heterocycles. The molecule has 0 unspecified atom stereocenters. The average molecular weight is 460 g/mol. The Morgan fingerprint density at radius 3 is 2.12 bits per heavy atom. The van der Waals surface area contributed by atoms with Gasteiger partial charge in [-0.1, -0.05) is 60.7 Å². The highest BCUT2D eigenvalue weighted by atomic mass is 32.2. The summed E-state index contributed by atoms with van der Waals surface area (Å²) in [6, 6.07) is 23.6. The molecule has 0 aliphatic carbocycles. The molecule has 9 nitrogen and oxygen atoms in total. The zero-order valence-corrected chi connectivity index (χ0v) is 17.7. The Balaban J connectivity index is 1.91. The maximum absolute atomic E-state index is 11.6. The molecule has 0 radical (unpaired) electrons. The van der Waals surface area contributed by atoms with Crippen LogP contribution in [0.5, 0.6) is 0 Å². The van der Waals surface area contributed by atoms with Crippen molar-refractivity contribution in [1.29, 1.82) is 5.26 Å². The number of nitrogens with one attached hydrogen (secondary N) is 1. The van der Waals surface area contributed by atoms with Crippen molar-refractivity contribution in [3.05, 3.63) is 94.5 Å². The monoisotopic (exact) mass is 460 g/mol. The van der Waals surface area contributed by atoms with Crippen LogP contribution < -0.4 is 10.5 Å². The van der Waals surface area contributed by atoms with Crippen molar-refractivity contribution >= 4 is 27.3 Å². The van der Waals surface area contributed by atoms with Crippen molar-refractivity contribution in [1.82, 2.24) is 0 Å². The molecule has 164 valence electrons.